The van der Waals surface area contributed by atoms with Gasteiger partial charge >= 0.3 is 0 Å². The molecule has 94 valence electrons. The molecule has 0 aromatic heterocycles. The second-order valence-corrected chi connectivity index (χ2v) is 5.12. The Kier molecular flexibility index (Phi) is 4.84. The Morgan fingerprint density at radius 3 is 2.82 bits per heavy atom. The Hall–Kier alpha value is -0.570. The van der Waals surface area contributed by atoms with Crippen molar-refractivity contribution in [2.24, 2.45) is 0 Å². The lowest BCUT2D eigenvalue weighted by Gasteiger charge is -2.23. The standard InChI is InChI=1S/C14H21ClN2/c1-2-17-9-3-4-14(17)11-16-10-12-5-7-13(15)8-6-12/h5-8,14,16H,2-4,9-11H2,1H3. The van der Waals surface area contributed by atoms with Crippen LogP contribution in [0.4, 0.5) is 0 Å². The summed E-state index contributed by atoms with van der Waals surface area (Å²) < 4.78 is 0. The minimum atomic E-state index is 0.729. The first kappa shape index (κ1) is 12.9. The molecule has 1 heterocycles. The first-order valence-electron chi connectivity index (χ1n) is 6.49. The van der Waals surface area contributed by atoms with Crippen molar-refractivity contribution >= 4 is 11.6 Å². The second-order valence-electron chi connectivity index (χ2n) is 4.68. The fourth-order valence-electron chi connectivity index (χ4n) is 2.53. The predicted molar refractivity (Wildman–Crippen MR) is 73.4 cm³/mol. The molecular formula is C14H21ClN2. The van der Waals surface area contributed by atoms with Crippen LogP contribution in [0.2, 0.25) is 5.02 Å². The number of rotatable bonds is 5. The van der Waals surface area contributed by atoms with Gasteiger partial charge in [0.25, 0.3) is 0 Å². The van der Waals surface area contributed by atoms with Gasteiger partial charge in [-0.1, -0.05) is 30.7 Å². The van der Waals surface area contributed by atoms with Gasteiger partial charge in [0.2, 0.25) is 0 Å². The molecular weight excluding hydrogens is 232 g/mol. The summed E-state index contributed by atoms with van der Waals surface area (Å²) in [4.78, 5) is 2.56. The summed E-state index contributed by atoms with van der Waals surface area (Å²) in [5.74, 6) is 0. The number of hydrogen-bond acceptors (Lipinski definition) is 2. The molecule has 1 N–H and O–H groups in total. The molecule has 1 aliphatic heterocycles. The highest BCUT2D eigenvalue weighted by Gasteiger charge is 2.21. The van der Waals surface area contributed by atoms with Gasteiger partial charge < -0.3 is 5.32 Å². The molecule has 1 unspecified atom stereocenters. The third kappa shape index (κ3) is 3.70. The van der Waals surface area contributed by atoms with E-state index in [1.807, 2.05) is 12.1 Å². The van der Waals surface area contributed by atoms with Crippen molar-refractivity contribution in [3.05, 3.63) is 34.9 Å². The largest absolute Gasteiger partial charge is 0.311 e. The number of nitrogens with zero attached hydrogens (tertiary/aromatic N) is 1. The monoisotopic (exact) mass is 252 g/mol. The van der Waals surface area contributed by atoms with Gasteiger partial charge in [-0.25, -0.2) is 0 Å². The van der Waals surface area contributed by atoms with E-state index in [0.29, 0.717) is 0 Å². The molecule has 0 aliphatic carbocycles. The van der Waals surface area contributed by atoms with Gasteiger partial charge in [-0.3, -0.25) is 4.90 Å². The zero-order valence-corrected chi connectivity index (χ0v) is 11.2. The van der Waals surface area contributed by atoms with Gasteiger partial charge in [0.15, 0.2) is 0 Å². The number of hydrogen-bond donors (Lipinski definition) is 1. The first-order chi connectivity index (χ1) is 8.29. The Labute approximate surface area is 109 Å². The van der Waals surface area contributed by atoms with Crippen LogP contribution in [0.5, 0.6) is 0 Å². The van der Waals surface area contributed by atoms with E-state index in [-0.39, 0.29) is 0 Å². The summed E-state index contributed by atoms with van der Waals surface area (Å²) in [6.45, 7) is 6.72. The smallest absolute Gasteiger partial charge is 0.0406 e. The number of halogens is 1. The summed E-state index contributed by atoms with van der Waals surface area (Å²) >= 11 is 5.86. The van der Waals surface area contributed by atoms with Gasteiger partial charge in [-0.2, -0.15) is 0 Å². The normalized spacial score (nSPS) is 20.9. The SMILES string of the molecule is CCN1CCCC1CNCc1ccc(Cl)cc1. The minimum Gasteiger partial charge on any atom is -0.311 e. The quantitative estimate of drug-likeness (QED) is 0.867. The van der Waals surface area contributed by atoms with E-state index in [4.69, 9.17) is 11.6 Å². The summed E-state index contributed by atoms with van der Waals surface area (Å²) in [5.41, 5.74) is 1.30. The number of likely N-dealkylation sites (N-methyl/N-ethyl adjacent to an activating group) is 1. The average molecular weight is 253 g/mol. The maximum atomic E-state index is 5.86. The van der Waals surface area contributed by atoms with E-state index in [1.54, 1.807) is 0 Å². The van der Waals surface area contributed by atoms with E-state index in [1.165, 1.54) is 31.5 Å². The summed E-state index contributed by atoms with van der Waals surface area (Å²) in [6, 6.07) is 8.80. The highest BCUT2D eigenvalue weighted by molar-refractivity contribution is 6.30. The average Bonchev–Trinajstić information content (AvgIpc) is 2.79. The number of likely N-dealkylation sites (tertiary alicyclic amines) is 1. The summed E-state index contributed by atoms with van der Waals surface area (Å²) in [5, 5.41) is 4.35. The van der Waals surface area contributed by atoms with Crippen LogP contribution in [0.3, 0.4) is 0 Å². The summed E-state index contributed by atoms with van der Waals surface area (Å²) in [7, 11) is 0. The molecule has 2 nitrogen and oxygen atoms in total. The lowest BCUT2D eigenvalue weighted by atomic mass is 10.2. The fraction of sp³-hybridized carbons (Fsp3) is 0.571. The van der Waals surface area contributed by atoms with Crippen molar-refractivity contribution in [1.29, 1.82) is 0 Å². The van der Waals surface area contributed by atoms with Crippen LogP contribution >= 0.6 is 11.6 Å². The molecule has 1 aromatic rings. The van der Waals surface area contributed by atoms with E-state index in [2.05, 4.69) is 29.3 Å². The lowest BCUT2D eigenvalue weighted by molar-refractivity contribution is 0.260. The third-order valence-electron chi connectivity index (χ3n) is 3.53. The molecule has 0 saturated carbocycles. The van der Waals surface area contributed by atoms with Crippen LogP contribution in [0.25, 0.3) is 0 Å². The van der Waals surface area contributed by atoms with Crippen molar-refractivity contribution in [2.75, 3.05) is 19.6 Å². The third-order valence-corrected chi connectivity index (χ3v) is 3.78. The van der Waals surface area contributed by atoms with Gasteiger partial charge in [0, 0.05) is 24.2 Å². The summed E-state index contributed by atoms with van der Waals surface area (Å²) in [6.07, 6.45) is 2.68. The molecule has 0 spiro atoms. The van der Waals surface area contributed by atoms with Crippen LogP contribution in [0.1, 0.15) is 25.3 Å². The fourth-order valence-corrected chi connectivity index (χ4v) is 2.65. The molecule has 1 fully saturated rings. The molecule has 0 radical (unpaired) electrons. The lowest BCUT2D eigenvalue weighted by Crippen LogP contribution is -2.37. The van der Waals surface area contributed by atoms with Crippen molar-refractivity contribution in [2.45, 2.75) is 32.4 Å². The topological polar surface area (TPSA) is 15.3 Å². The van der Waals surface area contributed by atoms with Crippen molar-refractivity contribution in [1.82, 2.24) is 10.2 Å². The van der Waals surface area contributed by atoms with E-state index >= 15 is 0 Å². The Morgan fingerprint density at radius 1 is 1.35 bits per heavy atom. The maximum absolute atomic E-state index is 5.86. The van der Waals surface area contributed by atoms with Crippen molar-refractivity contribution < 1.29 is 0 Å². The first-order valence-corrected chi connectivity index (χ1v) is 6.86. The van der Waals surface area contributed by atoms with E-state index in [0.717, 1.165) is 24.2 Å². The van der Waals surface area contributed by atoms with E-state index < -0.39 is 0 Å². The van der Waals surface area contributed by atoms with Gasteiger partial charge in [-0.15, -0.1) is 0 Å². The van der Waals surface area contributed by atoms with E-state index in [9.17, 15) is 0 Å². The molecule has 17 heavy (non-hydrogen) atoms. The molecule has 0 bridgehead atoms. The Balaban J connectivity index is 1.74. The van der Waals surface area contributed by atoms with Crippen LogP contribution in [-0.2, 0) is 6.54 Å². The molecule has 1 aliphatic rings. The predicted octanol–water partition coefficient (Wildman–Crippen LogP) is 2.91. The number of nitrogens with one attached hydrogen (secondary N) is 1. The Bertz CT molecular complexity index is 337. The van der Waals surface area contributed by atoms with Crippen molar-refractivity contribution in [3.63, 3.8) is 0 Å². The molecule has 1 atom stereocenters. The van der Waals surface area contributed by atoms with Crippen LogP contribution in [0, 0.1) is 0 Å². The highest BCUT2D eigenvalue weighted by atomic mass is 35.5. The Morgan fingerprint density at radius 2 is 2.12 bits per heavy atom. The van der Waals surface area contributed by atoms with Gasteiger partial charge in [0.1, 0.15) is 0 Å². The highest BCUT2D eigenvalue weighted by Crippen LogP contribution is 2.16. The molecule has 3 heteroatoms. The molecule has 0 amide bonds. The molecule has 1 aromatic carbocycles. The zero-order valence-electron chi connectivity index (χ0n) is 10.5. The van der Waals surface area contributed by atoms with Gasteiger partial charge in [0.05, 0.1) is 0 Å². The van der Waals surface area contributed by atoms with Crippen LogP contribution < -0.4 is 5.32 Å². The maximum Gasteiger partial charge on any atom is 0.0406 e. The van der Waals surface area contributed by atoms with Gasteiger partial charge in [-0.05, 0) is 43.6 Å². The zero-order chi connectivity index (χ0) is 12.1. The second kappa shape index (κ2) is 6.39. The van der Waals surface area contributed by atoms with Crippen molar-refractivity contribution in [3.8, 4) is 0 Å². The molecule has 1 saturated heterocycles. The van der Waals surface area contributed by atoms with Crippen LogP contribution in [-0.4, -0.2) is 30.6 Å². The van der Waals surface area contributed by atoms with Crippen LogP contribution in [0.15, 0.2) is 24.3 Å². The number of benzene rings is 1. The molecule has 2 rings (SSSR count). The minimum absolute atomic E-state index is 0.729.